The molecule has 156 valence electrons. The van der Waals surface area contributed by atoms with Gasteiger partial charge in [0.25, 0.3) is 5.56 Å². The first-order chi connectivity index (χ1) is 14.5. The number of para-hydroxylation sites is 1. The second-order valence-electron chi connectivity index (χ2n) is 6.90. The lowest BCUT2D eigenvalue weighted by Crippen LogP contribution is -2.34. The van der Waals surface area contributed by atoms with Gasteiger partial charge in [0.05, 0.1) is 24.5 Å². The highest BCUT2D eigenvalue weighted by Gasteiger charge is 2.29. The Balaban J connectivity index is 1.60. The van der Waals surface area contributed by atoms with Crippen LogP contribution in [0.25, 0.3) is 16.7 Å². The van der Waals surface area contributed by atoms with Gasteiger partial charge < -0.3 is 10.1 Å². The van der Waals surface area contributed by atoms with Crippen LogP contribution < -0.4 is 10.9 Å². The monoisotopic (exact) mass is 427 g/mol. The van der Waals surface area contributed by atoms with Crippen LogP contribution in [0.2, 0.25) is 0 Å². The number of esters is 1. The highest BCUT2D eigenvalue weighted by atomic mass is 32.2. The van der Waals surface area contributed by atoms with Crippen LogP contribution in [0.4, 0.5) is 0 Å². The summed E-state index contributed by atoms with van der Waals surface area (Å²) in [7, 11) is 0. The van der Waals surface area contributed by atoms with Crippen molar-refractivity contribution in [3.8, 4) is 5.69 Å². The molecule has 1 aliphatic heterocycles. The third-order valence-corrected chi connectivity index (χ3v) is 5.97. The first kappa shape index (κ1) is 20.1. The van der Waals surface area contributed by atoms with Crippen molar-refractivity contribution < 1.29 is 14.3 Å². The predicted octanol–water partition coefficient (Wildman–Crippen LogP) is 1.61. The fourth-order valence-corrected chi connectivity index (χ4v) is 4.56. The van der Waals surface area contributed by atoms with Crippen LogP contribution in [0.5, 0.6) is 0 Å². The Hall–Kier alpha value is -3.14. The van der Waals surface area contributed by atoms with E-state index in [4.69, 9.17) is 4.74 Å². The third-order valence-electron chi connectivity index (χ3n) is 4.87. The van der Waals surface area contributed by atoms with E-state index in [-0.39, 0.29) is 37.1 Å². The Morgan fingerprint density at radius 1 is 1.33 bits per heavy atom. The molecule has 0 saturated heterocycles. The predicted molar refractivity (Wildman–Crippen MR) is 112 cm³/mol. The molecule has 0 radical (unpaired) electrons. The summed E-state index contributed by atoms with van der Waals surface area (Å²) in [6.07, 6.45) is 1.60. The number of carbonyl (C=O) groups is 2. The minimum absolute atomic E-state index is 0.0818. The van der Waals surface area contributed by atoms with Crippen molar-refractivity contribution in [2.75, 3.05) is 18.9 Å². The highest BCUT2D eigenvalue weighted by molar-refractivity contribution is 7.99. The molecule has 30 heavy (non-hydrogen) atoms. The summed E-state index contributed by atoms with van der Waals surface area (Å²) in [4.78, 5) is 41.5. The van der Waals surface area contributed by atoms with E-state index >= 15 is 0 Å². The van der Waals surface area contributed by atoms with E-state index in [1.807, 2.05) is 31.2 Å². The zero-order valence-electron chi connectivity index (χ0n) is 16.6. The number of nitrogens with zero attached hydrogens (tertiary/aromatic N) is 4. The summed E-state index contributed by atoms with van der Waals surface area (Å²) in [6.45, 7) is 3.75. The van der Waals surface area contributed by atoms with Gasteiger partial charge in [-0.25, -0.2) is 9.67 Å². The van der Waals surface area contributed by atoms with Crippen LogP contribution in [0.3, 0.4) is 0 Å². The van der Waals surface area contributed by atoms with Crippen molar-refractivity contribution in [1.82, 2.24) is 24.6 Å². The molecule has 9 nitrogen and oxygen atoms in total. The minimum Gasteiger partial charge on any atom is -0.465 e. The van der Waals surface area contributed by atoms with Crippen molar-refractivity contribution in [1.29, 1.82) is 0 Å². The smallest absolute Gasteiger partial charge is 0.325 e. The van der Waals surface area contributed by atoms with Gasteiger partial charge in [-0.1, -0.05) is 30.0 Å². The standard InChI is InChI=1S/C20H21N5O4S/c1-3-29-17(27)10-21-16(26)8-13-11-30-20-23-18-14(19(28)24(13)20)9-22-25(18)15-7-5-4-6-12(15)2/h4-7,9,13H,3,8,10-11H2,1-2H3,(H,21,26). The van der Waals surface area contributed by atoms with E-state index in [1.165, 1.54) is 18.0 Å². The fourth-order valence-electron chi connectivity index (χ4n) is 3.43. The van der Waals surface area contributed by atoms with Gasteiger partial charge in [-0.05, 0) is 25.5 Å². The van der Waals surface area contributed by atoms with Crippen molar-refractivity contribution in [2.45, 2.75) is 31.5 Å². The average Bonchev–Trinajstić information content (AvgIpc) is 3.32. The summed E-state index contributed by atoms with van der Waals surface area (Å²) in [6, 6.07) is 7.42. The van der Waals surface area contributed by atoms with Gasteiger partial charge in [0.2, 0.25) is 5.91 Å². The SMILES string of the molecule is CCOC(=O)CNC(=O)CC1CSc2nc3c(cnn3-c3ccccc3C)c(=O)n21. The lowest BCUT2D eigenvalue weighted by Gasteiger charge is -2.13. The molecule has 1 unspecified atom stereocenters. The number of nitrogens with one attached hydrogen (secondary N) is 1. The Labute approximate surface area is 176 Å². The molecule has 0 aliphatic carbocycles. The Bertz CT molecular complexity index is 1190. The number of ether oxygens (including phenoxy) is 1. The van der Waals surface area contributed by atoms with Gasteiger partial charge in [-0.3, -0.25) is 19.0 Å². The summed E-state index contributed by atoms with van der Waals surface area (Å²) in [5.74, 6) is -0.250. The number of hydrogen-bond donors (Lipinski definition) is 1. The van der Waals surface area contributed by atoms with E-state index < -0.39 is 5.97 Å². The largest absolute Gasteiger partial charge is 0.465 e. The maximum absolute atomic E-state index is 13.1. The molecule has 2 aromatic heterocycles. The maximum atomic E-state index is 13.1. The molecule has 1 aliphatic rings. The molecule has 3 aromatic rings. The van der Waals surface area contributed by atoms with Gasteiger partial charge in [0, 0.05) is 12.2 Å². The van der Waals surface area contributed by atoms with E-state index in [0.29, 0.717) is 21.9 Å². The van der Waals surface area contributed by atoms with Gasteiger partial charge in [-0.2, -0.15) is 5.10 Å². The average molecular weight is 427 g/mol. The van der Waals surface area contributed by atoms with E-state index in [9.17, 15) is 14.4 Å². The normalized spacial score (nSPS) is 15.2. The van der Waals surface area contributed by atoms with E-state index in [0.717, 1.165) is 11.3 Å². The number of amides is 1. The molecular weight excluding hydrogens is 406 g/mol. The van der Waals surface area contributed by atoms with Crippen LogP contribution >= 0.6 is 11.8 Å². The second-order valence-corrected chi connectivity index (χ2v) is 7.89. The van der Waals surface area contributed by atoms with E-state index in [2.05, 4.69) is 15.4 Å². The Morgan fingerprint density at radius 3 is 2.90 bits per heavy atom. The molecular formula is C20H21N5O4S. The van der Waals surface area contributed by atoms with Crippen molar-refractivity contribution in [2.24, 2.45) is 0 Å². The quantitative estimate of drug-likeness (QED) is 0.470. The number of hydrogen-bond acceptors (Lipinski definition) is 7. The zero-order chi connectivity index (χ0) is 21.3. The molecule has 10 heteroatoms. The minimum atomic E-state index is -0.490. The van der Waals surface area contributed by atoms with Gasteiger partial charge in [0.1, 0.15) is 11.9 Å². The zero-order valence-corrected chi connectivity index (χ0v) is 17.4. The second kappa shape index (κ2) is 8.31. The molecule has 1 N–H and O–H groups in total. The fraction of sp³-hybridized carbons (Fsp3) is 0.350. The van der Waals surface area contributed by atoms with Crippen LogP contribution in [0.1, 0.15) is 24.9 Å². The molecule has 0 fully saturated rings. The first-order valence-corrected chi connectivity index (χ1v) is 10.6. The van der Waals surface area contributed by atoms with Crippen LogP contribution in [-0.4, -0.2) is 50.1 Å². The molecule has 0 saturated carbocycles. The number of thioether (sulfide) groups is 1. The third kappa shape index (κ3) is 3.70. The summed E-state index contributed by atoms with van der Waals surface area (Å²) >= 11 is 1.43. The number of rotatable bonds is 6. The number of aromatic nitrogens is 4. The maximum Gasteiger partial charge on any atom is 0.325 e. The van der Waals surface area contributed by atoms with Gasteiger partial charge in [-0.15, -0.1) is 0 Å². The Kier molecular flexibility index (Phi) is 5.58. The highest BCUT2D eigenvalue weighted by Crippen LogP contribution is 2.33. The molecule has 1 amide bonds. The first-order valence-electron chi connectivity index (χ1n) is 9.61. The van der Waals surface area contributed by atoms with E-state index in [1.54, 1.807) is 16.2 Å². The van der Waals surface area contributed by atoms with Crippen LogP contribution in [0, 0.1) is 6.92 Å². The summed E-state index contributed by atoms with van der Waals surface area (Å²) in [5, 5.41) is 7.88. The van der Waals surface area contributed by atoms with Gasteiger partial charge in [0.15, 0.2) is 10.8 Å². The van der Waals surface area contributed by atoms with Crippen molar-refractivity contribution in [3.05, 3.63) is 46.4 Å². The molecule has 3 heterocycles. The number of carbonyl (C=O) groups excluding carboxylic acids is 2. The molecule has 0 spiro atoms. The summed E-state index contributed by atoms with van der Waals surface area (Å²) < 4.78 is 8.03. The topological polar surface area (TPSA) is 108 Å². The van der Waals surface area contributed by atoms with Crippen molar-refractivity contribution in [3.63, 3.8) is 0 Å². The molecule has 0 bridgehead atoms. The van der Waals surface area contributed by atoms with Gasteiger partial charge >= 0.3 is 5.97 Å². The van der Waals surface area contributed by atoms with Crippen LogP contribution in [0.15, 0.2) is 40.4 Å². The molecule has 4 rings (SSSR count). The molecule has 1 aromatic carbocycles. The van der Waals surface area contributed by atoms with Crippen LogP contribution in [-0.2, 0) is 14.3 Å². The summed E-state index contributed by atoms with van der Waals surface area (Å²) in [5.41, 5.74) is 2.17. The number of fused-ring (bicyclic) bond motifs is 2. The number of aryl methyl sites for hydroxylation is 1. The molecule has 1 atom stereocenters. The number of benzene rings is 1. The lowest BCUT2D eigenvalue weighted by molar-refractivity contribution is -0.143. The van der Waals surface area contributed by atoms with Crippen molar-refractivity contribution >= 4 is 34.7 Å². The Morgan fingerprint density at radius 2 is 2.13 bits per heavy atom. The lowest BCUT2D eigenvalue weighted by atomic mass is 10.2.